The Hall–Kier alpha value is -2.72. The van der Waals surface area contributed by atoms with Crippen LogP contribution in [-0.4, -0.2) is 42.5 Å². The van der Waals surface area contributed by atoms with Crippen molar-refractivity contribution in [3.8, 4) is 0 Å². The molecule has 4 heteroatoms. The minimum atomic E-state index is -0.0794. The van der Waals surface area contributed by atoms with E-state index in [1.165, 1.54) is 5.56 Å². The zero-order valence-corrected chi connectivity index (χ0v) is 14.6. The molecule has 4 nitrogen and oxygen atoms in total. The molecule has 2 aromatic carbocycles. The largest absolute Gasteiger partial charge is 0.350 e. The minimum Gasteiger partial charge on any atom is -0.350 e. The first kappa shape index (κ1) is 17.1. The van der Waals surface area contributed by atoms with E-state index in [1.807, 2.05) is 62.6 Å². The van der Waals surface area contributed by atoms with Gasteiger partial charge in [0.2, 0.25) is 0 Å². The van der Waals surface area contributed by atoms with Crippen LogP contribution in [0.4, 0.5) is 0 Å². The van der Waals surface area contributed by atoms with Crippen LogP contribution in [0.3, 0.4) is 0 Å². The van der Waals surface area contributed by atoms with E-state index in [2.05, 4.69) is 27.3 Å². The highest BCUT2D eigenvalue weighted by atomic mass is 16.1. The van der Waals surface area contributed by atoms with Crippen LogP contribution in [0.15, 0.2) is 66.9 Å². The number of nitrogens with zero attached hydrogens (tertiary/aromatic N) is 2. The van der Waals surface area contributed by atoms with Crippen molar-refractivity contribution >= 4 is 16.8 Å². The lowest BCUT2D eigenvalue weighted by molar-refractivity contribution is 0.0943. The molecule has 0 spiro atoms. The number of amides is 1. The number of hydrogen-bond donors (Lipinski definition) is 1. The molecule has 25 heavy (non-hydrogen) atoms. The van der Waals surface area contributed by atoms with Gasteiger partial charge in [-0.15, -0.1) is 0 Å². The van der Waals surface area contributed by atoms with E-state index in [1.54, 1.807) is 6.20 Å². The molecule has 1 aromatic heterocycles. The molecule has 1 N–H and O–H groups in total. The van der Waals surface area contributed by atoms with Crippen LogP contribution < -0.4 is 5.32 Å². The number of rotatable bonds is 6. The Labute approximate surface area is 148 Å². The molecular weight excluding hydrogens is 310 g/mol. The van der Waals surface area contributed by atoms with Gasteiger partial charge in [0, 0.05) is 24.2 Å². The normalized spacial score (nSPS) is 12.3. The number of pyridine rings is 1. The molecule has 0 bridgehead atoms. The summed E-state index contributed by atoms with van der Waals surface area (Å²) >= 11 is 0. The molecule has 1 heterocycles. The van der Waals surface area contributed by atoms with Gasteiger partial charge in [-0.1, -0.05) is 48.5 Å². The molecule has 1 amide bonds. The highest BCUT2D eigenvalue weighted by Gasteiger charge is 2.16. The van der Waals surface area contributed by atoms with Crippen LogP contribution in [-0.2, 0) is 6.42 Å². The summed E-state index contributed by atoms with van der Waals surface area (Å²) in [5, 5.41) is 4.05. The van der Waals surface area contributed by atoms with Crippen LogP contribution in [0.5, 0.6) is 0 Å². The molecule has 128 valence electrons. The second-order valence-corrected chi connectivity index (χ2v) is 6.40. The summed E-state index contributed by atoms with van der Waals surface area (Å²) in [6.07, 6.45) is 2.61. The quantitative estimate of drug-likeness (QED) is 0.754. The highest BCUT2D eigenvalue weighted by Crippen LogP contribution is 2.16. The molecule has 1 unspecified atom stereocenters. The number of fused-ring (bicyclic) bond motifs is 1. The van der Waals surface area contributed by atoms with E-state index in [4.69, 9.17) is 0 Å². The third-order valence-corrected chi connectivity index (χ3v) is 4.42. The summed E-state index contributed by atoms with van der Waals surface area (Å²) in [4.78, 5) is 19.2. The van der Waals surface area contributed by atoms with E-state index in [0.29, 0.717) is 12.1 Å². The standard InChI is InChI=1S/C21H23N3O/c1-24(2)18(14-16-8-4-3-5-9-16)15-23-21(25)19-12-6-10-17-11-7-13-22-20(17)19/h3-13,18H,14-15H2,1-2H3,(H,23,25). The van der Waals surface area contributed by atoms with Gasteiger partial charge in [-0.3, -0.25) is 9.78 Å². The van der Waals surface area contributed by atoms with E-state index < -0.39 is 0 Å². The molecule has 0 aliphatic heterocycles. The van der Waals surface area contributed by atoms with Gasteiger partial charge < -0.3 is 10.2 Å². The van der Waals surface area contributed by atoms with Gasteiger partial charge in [0.1, 0.15) is 0 Å². The molecular formula is C21H23N3O. The fourth-order valence-electron chi connectivity index (χ4n) is 2.92. The molecule has 0 fully saturated rings. The molecule has 3 aromatic rings. The molecule has 0 aliphatic carbocycles. The summed E-state index contributed by atoms with van der Waals surface area (Å²) in [7, 11) is 4.08. The van der Waals surface area contributed by atoms with Crippen molar-refractivity contribution in [3.63, 3.8) is 0 Å². The van der Waals surface area contributed by atoms with Crippen LogP contribution in [0, 0.1) is 0 Å². The zero-order valence-electron chi connectivity index (χ0n) is 14.6. The topological polar surface area (TPSA) is 45.2 Å². The number of benzene rings is 2. The zero-order chi connectivity index (χ0) is 17.6. The van der Waals surface area contributed by atoms with Crippen molar-refractivity contribution < 1.29 is 4.79 Å². The number of hydrogen-bond acceptors (Lipinski definition) is 3. The third kappa shape index (κ3) is 4.22. The average Bonchev–Trinajstić information content (AvgIpc) is 2.65. The van der Waals surface area contributed by atoms with E-state index in [-0.39, 0.29) is 11.9 Å². The Morgan fingerprint density at radius 3 is 2.56 bits per heavy atom. The lowest BCUT2D eigenvalue weighted by atomic mass is 10.0. The van der Waals surface area contributed by atoms with Gasteiger partial charge in [-0.25, -0.2) is 0 Å². The number of nitrogens with one attached hydrogen (secondary N) is 1. The molecule has 0 saturated carbocycles. The maximum atomic E-state index is 12.7. The summed E-state index contributed by atoms with van der Waals surface area (Å²) in [5.74, 6) is -0.0794. The first-order valence-corrected chi connectivity index (χ1v) is 8.47. The fraction of sp³-hybridized carbons (Fsp3) is 0.238. The maximum absolute atomic E-state index is 12.7. The Balaban J connectivity index is 1.71. The molecule has 0 saturated heterocycles. The SMILES string of the molecule is CN(C)C(CNC(=O)c1cccc2cccnc12)Cc1ccccc1. The Morgan fingerprint density at radius 2 is 1.80 bits per heavy atom. The first-order chi connectivity index (χ1) is 12.1. The Bertz CT molecular complexity index is 841. The summed E-state index contributed by atoms with van der Waals surface area (Å²) in [6.45, 7) is 0.587. The lowest BCUT2D eigenvalue weighted by Gasteiger charge is -2.25. The van der Waals surface area contributed by atoms with Crippen molar-refractivity contribution in [2.24, 2.45) is 0 Å². The summed E-state index contributed by atoms with van der Waals surface area (Å²) < 4.78 is 0. The second kappa shape index (κ2) is 7.90. The molecule has 3 rings (SSSR count). The second-order valence-electron chi connectivity index (χ2n) is 6.40. The van der Waals surface area contributed by atoms with Crippen molar-refractivity contribution in [1.29, 1.82) is 0 Å². The van der Waals surface area contributed by atoms with Crippen LogP contribution >= 0.6 is 0 Å². The van der Waals surface area contributed by atoms with Crippen molar-refractivity contribution in [1.82, 2.24) is 15.2 Å². The smallest absolute Gasteiger partial charge is 0.253 e. The Morgan fingerprint density at radius 1 is 1.04 bits per heavy atom. The van der Waals surface area contributed by atoms with Crippen molar-refractivity contribution in [2.75, 3.05) is 20.6 Å². The van der Waals surface area contributed by atoms with Crippen molar-refractivity contribution in [3.05, 3.63) is 78.0 Å². The molecule has 1 atom stereocenters. The number of carbonyl (C=O) groups is 1. The van der Waals surface area contributed by atoms with E-state index in [0.717, 1.165) is 17.3 Å². The summed E-state index contributed by atoms with van der Waals surface area (Å²) in [6, 6.07) is 20.1. The fourth-order valence-corrected chi connectivity index (χ4v) is 2.92. The highest BCUT2D eigenvalue weighted by molar-refractivity contribution is 6.05. The molecule has 0 radical (unpaired) electrons. The van der Waals surface area contributed by atoms with Gasteiger partial charge in [-0.05, 0) is 38.2 Å². The van der Waals surface area contributed by atoms with Crippen LogP contribution in [0.2, 0.25) is 0 Å². The van der Waals surface area contributed by atoms with Gasteiger partial charge in [0.25, 0.3) is 5.91 Å². The Kier molecular flexibility index (Phi) is 5.41. The van der Waals surface area contributed by atoms with Crippen LogP contribution in [0.25, 0.3) is 10.9 Å². The third-order valence-electron chi connectivity index (χ3n) is 4.42. The maximum Gasteiger partial charge on any atom is 0.253 e. The van der Waals surface area contributed by atoms with Gasteiger partial charge in [0.15, 0.2) is 0 Å². The predicted octanol–water partition coefficient (Wildman–Crippen LogP) is 3.14. The number of para-hydroxylation sites is 1. The van der Waals surface area contributed by atoms with E-state index in [9.17, 15) is 4.79 Å². The monoisotopic (exact) mass is 333 g/mol. The first-order valence-electron chi connectivity index (χ1n) is 8.47. The number of carbonyl (C=O) groups excluding carboxylic acids is 1. The lowest BCUT2D eigenvalue weighted by Crippen LogP contribution is -2.41. The van der Waals surface area contributed by atoms with Crippen LogP contribution in [0.1, 0.15) is 15.9 Å². The van der Waals surface area contributed by atoms with Gasteiger partial charge in [0.05, 0.1) is 11.1 Å². The number of aromatic nitrogens is 1. The predicted molar refractivity (Wildman–Crippen MR) is 102 cm³/mol. The van der Waals surface area contributed by atoms with Gasteiger partial charge in [-0.2, -0.15) is 0 Å². The summed E-state index contributed by atoms with van der Waals surface area (Å²) in [5.41, 5.74) is 2.63. The molecule has 0 aliphatic rings. The van der Waals surface area contributed by atoms with E-state index >= 15 is 0 Å². The van der Waals surface area contributed by atoms with Gasteiger partial charge >= 0.3 is 0 Å². The van der Waals surface area contributed by atoms with Crippen molar-refractivity contribution in [2.45, 2.75) is 12.5 Å². The minimum absolute atomic E-state index is 0.0794. The number of likely N-dealkylation sites (N-methyl/N-ethyl adjacent to an activating group) is 1. The average molecular weight is 333 g/mol.